The maximum Gasteiger partial charge on any atom is 0.226 e. The van der Waals surface area contributed by atoms with Crippen molar-refractivity contribution in [3.05, 3.63) is 11.7 Å². The van der Waals surface area contributed by atoms with E-state index in [0.717, 1.165) is 50.7 Å². The summed E-state index contributed by atoms with van der Waals surface area (Å²) in [6.07, 6.45) is 8.65. The molecule has 0 unspecified atom stereocenters. The molecule has 1 spiro atoms. The summed E-state index contributed by atoms with van der Waals surface area (Å²) in [5.74, 6) is 1.65. The molecule has 2 heterocycles. The van der Waals surface area contributed by atoms with Crippen molar-refractivity contribution in [2.24, 2.45) is 0 Å². The highest BCUT2D eigenvalue weighted by atomic mass is 16.5. The lowest BCUT2D eigenvalue weighted by Gasteiger charge is -2.49. The van der Waals surface area contributed by atoms with Crippen molar-refractivity contribution in [3.63, 3.8) is 0 Å². The minimum Gasteiger partial charge on any atom is -0.339 e. The zero-order valence-corrected chi connectivity index (χ0v) is 12.5. The third-order valence-corrected chi connectivity index (χ3v) is 4.77. The Kier molecular flexibility index (Phi) is 4.36. The number of nitrogens with one attached hydrogen (secondary N) is 1. The third-order valence-electron chi connectivity index (χ3n) is 4.77. The highest BCUT2D eigenvalue weighted by molar-refractivity contribution is 5.00. The van der Waals surface area contributed by atoms with Gasteiger partial charge in [0, 0.05) is 31.6 Å². The Hall–Kier alpha value is -0.940. The average Bonchev–Trinajstić information content (AvgIpc) is 2.91. The molecule has 1 saturated heterocycles. The number of rotatable bonds is 4. The molecule has 5 nitrogen and oxygen atoms in total. The molecule has 3 rings (SSSR count). The monoisotopic (exact) mass is 278 g/mol. The molecule has 2 aliphatic rings. The van der Waals surface area contributed by atoms with Gasteiger partial charge in [0.1, 0.15) is 0 Å². The van der Waals surface area contributed by atoms with E-state index in [4.69, 9.17) is 4.52 Å². The fraction of sp³-hybridized carbons (Fsp3) is 0.867. The Morgan fingerprint density at radius 1 is 1.30 bits per heavy atom. The van der Waals surface area contributed by atoms with E-state index >= 15 is 0 Å². The number of aryl methyl sites for hydroxylation is 1. The minimum absolute atomic E-state index is 0.335. The van der Waals surface area contributed by atoms with Crippen LogP contribution in [0.4, 0.5) is 0 Å². The Balaban J connectivity index is 1.69. The van der Waals surface area contributed by atoms with Crippen molar-refractivity contribution < 1.29 is 4.52 Å². The third kappa shape index (κ3) is 2.88. The summed E-state index contributed by atoms with van der Waals surface area (Å²) >= 11 is 0. The average molecular weight is 278 g/mol. The van der Waals surface area contributed by atoms with Gasteiger partial charge in [0.25, 0.3) is 0 Å². The summed E-state index contributed by atoms with van der Waals surface area (Å²) < 4.78 is 5.32. The smallest absolute Gasteiger partial charge is 0.226 e. The number of piperazine rings is 1. The first-order chi connectivity index (χ1) is 9.82. The van der Waals surface area contributed by atoms with Gasteiger partial charge in [-0.25, -0.2) is 0 Å². The first kappa shape index (κ1) is 14.0. The van der Waals surface area contributed by atoms with Crippen molar-refractivity contribution in [1.82, 2.24) is 20.4 Å². The van der Waals surface area contributed by atoms with Crippen LogP contribution >= 0.6 is 0 Å². The van der Waals surface area contributed by atoms with Crippen LogP contribution in [0.3, 0.4) is 0 Å². The molecule has 1 saturated carbocycles. The van der Waals surface area contributed by atoms with Crippen LogP contribution in [0.25, 0.3) is 0 Å². The van der Waals surface area contributed by atoms with E-state index in [2.05, 4.69) is 27.3 Å². The van der Waals surface area contributed by atoms with E-state index in [1.807, 2.05) is 0 Å². The van der Waals surface area contributed by atoms with E-state index in [-0.39, 0.29) is 0 Å². The van der Waals surface area contributed by atoms with Crippen LogP contribution < -0.4 is 5.32 Å². The fourth-order valence-electron chi connectivity index (χ4n) is 3.67. The zero-order valence-electron chi connectivity index (χ0n) is 12.5. The molecular weight excluding hydrogens is 252 g/mol. The summed E-state index contributed by atoms with van der Waals surface area (Å²) in [6.45, 7) is 6.26. The van der Waals surface area contributed by atoms with Crippen LogP contribution in [0, 0.1) is 0 Å². The van der Waals surface area contributed by atoms with E-state index in [1.54, 1.807) is 0 Å². The number of nitrogens with zero attached hydrogens (tertiary/aromatic N) is 3. The first-order valence-corrected chi connectivity index (χ1v) is 8.10. The molecule has 1 aromatic heterocycles. The molecule has 2 fully saturated rings. The van der Waals surface area contributed by atoms with Gasteiger partial charge in [0.2, 0.25) is 5.89 Å². The lowest BCUT2D eigenvalue weighted by atomic mass is 9.79. The minimum atomic E-state index is 0.335. The molecule has 1 N–H and O–H groups in total. The van der Waals surface area contributed by atoms with Crippen LogP contribution in [0.15, 0.2) is 4.52 Å². The molecular formula is C15H26N4O. The number of hydrogen-bond donors (Lipinski definition) is 1. The molecule has 0 bridgehead atoms. The van der Waals surface area contributed by atoms with Crippen molar-refractivity contribution in [3.8, 4) is 0 Å². The quantitative estimate of drug-likeness (QED) is 0.914. The van der Waals surface area contributed by atoms with Gasteiger partial charge in [-0.05, 0) is 19.3 Å². The Morgan fingerprint density at radius 3 is 2.95 bits per heavy atom. The lowest BCUT2D eigenvalue weighted by molar-refractivity contribution is 0.0184. The van der Waals surface area contributed by atoms with Gasteiger partial charge in [-0.1, -0.05) is 31.3 Å². The van der Waals surface area contributed by atoms with Gasteiger partial charge in [0.05, 0.1) is 6.54 Å². The molecule has 1 aliphatic carbocycles. The first-order valence-electron chi connectivity index (χ1n) is 8.10. The van der Waals surface area contributed by atoms with Gasteiger partial charge < -0.3 is 9.84 Å². The fourth-order valence-corrected chi connectivity index (χ4v) is 3.67. The highest BCUT2D eigenvalue weighted by Crippen LogP contribution is 2.35. The molecule has 112 valence electrons. The normalized spacial score (nSPS) is 23.2. The number of aromatic nitrogens is 2. The second-order valence-corrected chi connectivity index (χ2v) is 6.24. The number of hydrogen-bond acceptors (Lipinski definition) is 5. The van der Waals surface area contributed by atoms with Gasteiger partial charge in [-0.15, -0.1) is 0 Å². The molecule has 0 radical (unpaired) electrons. The van der Waals surface area contributed by atoms with Gasteiger partial charge in [-0.2, -0.15) is 4.98 Å². The predicted molar refractivity (Wildman–Crippen MR) is 77.4 cm³/mol. The van der Waals surface area contributed by atoms with Gasteiger partial charge in [0.15, 0.2) is 5.82 Å². The maximum absolute atomic E-state index is 5.32. The summed E-state index contributed by atoms with van der Waals surface area (Å²) in [7, 11) is 0. The Morgan fingerprint density at radius 2 is 2.15 bits per heavy atom. The molecule has 5 heteroatoms. The standard InChI is InChI=1S/C15H26N4O/c1-2-6-14-17-13(18-20-14)11-19-10-9-16-12-15(19)7-4-3-5-8-15/h16H,2-12H2,1H3. The Bertz CT molecular complexity index is 417. The summed E-state index contributed by atoms with van der Waals surface area (Å²) in [5, 5.41) is 7.74. The van der Waals surface area contributed by atoms with E-state index in [0.29, 0.717) is 5.54 Å². The second-order valence-electron chi connectivity index (χ2n) is 6.24. The van der Waals surface area contributed by atoms with E-state index < -0.39 is 0 Å². The predicted octanol–water partition coefficient (Wildman–Crippen LogP) is 2.13. The Labute approximate surface area is 121 Å². The van der Waals surface area contributed by atoms with Crippen LogP contribution in [-0.2, 0) is 13.0 Å². The lowest BCUT2D eigenvalue weighted by Crippen LogP contribution is -2.61. The summed E-state index contributed by atoms with van der Waals surface area (Å²) in [5.41, 5.74) is 0.335. The van der Waals surface area contributed by atoms with Gasteiger partial charge >= 0.3 is 0 Å². The second kappa shape index (κ2) is 6.22. The summed E-state index contributed by atoms with van der Waals surface area (Å²) in [6, 6.07) is 0. The van der Waals surface area contributed by atoms with Gasteiger partial charge in [-0.3, -0.25) is 4.90 Å². The molecule has 1 aliphatic heterocycles. The van der Waals surface area contributed by atoms with Crippen LogP contribution in [-0.4, -0.2) is 40.2 Å². The summed E-state index contributed by atoms with van der Waals surface area (Å²) in [4.78, 5) is 7.13. The van der Waals surface area contributed by atoms with E-state index in [1.165, 1.54) is 32.1 Å². The van der Waals surface area contributed by atoms with Crippen molar-refractivity contribution in [2.45, 2.75) is 64.0 Å². The van der Waals surface area contributed by atoms with E-state index in [9.17, 15) is 0 Å². The van der Waals surface area contributed by atoms with Crippen LogP contribution in [0.1, 0.15) is 57.2 Å². The largest absolute Gasteiger partial charge is 0.339 e. The van der Waals surface area contributed by atoms with Crippen molar-refractivity contribution in [1.29, 1.82) is 0 Å². The van der Waals surface area contributed by atoms with Crippen LogP contribution in [0.5, 0.6) is 0 Å². The molecule has 0 amide bonds. The maximum atomic E-state index is 5.32. The zero-order chi connectivity index (χ0) is 13.8. The topological polar surface area (TPSA) is 54.2 Å². The van der Waals surface area contributed by atoms with Crippen LogP contribution in [0.2, 0.25) is 0 Å². The SMILES string of the molecule is CCCc1nc(CN2CCNCC23CCCCC3)no1. The molecule has 0 aromatic carbocycles. The molecule has 1 aromatic rings. The molecule has 20 heavy (non-hydrogen) atoms. The molecule has 0 atom stereocenters. The van der Waals surface area contributed by atoms with Crippen molar-refractivity contribution in [2.75, 3.05) is 19.6 Å². The van der Waals surface area contributed by atoms with Crippen molar-refractivity contribution >= 4 is 0 Å². The highest BCUT2D eigenvalue weighted by Gasteiger charge is 2.40.